The van der Waals surface area contributed by atoms with Crippen LogP contribution in [0.1, 0.15) is 72.1 Å². The first-order chi connectivity index (χ1) is 8.33. The van der Waals surface area contributed by atoms with E-state index < -0.39 is 6.36 Å². The van der Waals surface area contributed by atoms with E-state index >= 15 is 0 Å². The second-order valence-corrected chi connectivity index (χ2v) is 5.42. The highest BCUT2D eigenvalue weighted by Gasteiger charge is 2.31. The molecule has 1 atom stereocenters. The summed E-state index contributed by atoms with van der Waals surface area (Å²) in [6, 6.07) is 0. The van der Waals surface area contributed by atoms with Crippen molar-refractivity contribution in [1.82, 2.24) is 0 Å². The van der Waals surface area contributed by atoms with Crippen molar-refractivity contribution in [2.75, 3.05) is 6.61 Å². The second kappa shape index (κ2) is 8.78. The highest BCUT2D eigenvalue weighted by Crippen LogP contribution is 2.35. The summed E-state index contributed by atoms with van der Waals surface area (Å²) in [4.78, 5) is 0. The SMILES string of the molecule is CCCCCC(C)(CCCC)CCOC(F)(F)F. The van der Waals surface area contributed by atoms with Crippen LogP contribution in [0.15, 0.2) is 0 Å². The Hall–Kier alpha value is -0.250. The first-order valence-corrected chi connectivity index (χ1v) is 7.03. The lowest BCUT2D eigenvalue weighted by Crippen LogP contribution is -2.22. The lowest BCUT2D eigenvalue weighted by Gasteiger charge is -2.30. The highest BCUT2D eigenvalue weighted by molar-refractivity contribution is 4.74. The molecule has 0 aromatic rings. The van der Waals surface area contributed by atoms with Crippen molar-refractivity contribution in [3.05, 3.63) is 0 Å². The first-order valence-electron chi connectivity index (χ1n) is 7.03. The van der Waals surface area contributed by atoms with Gasteiger partial charge in [-0.25, -0.2) is 0 Å². The molecule has 0 fully saturated rings. The Balaban J connectivity index is 4.10. The molecule has 0 aromatic carbocycles. The van der Waals surface area contributed by atoms with Crippen LogP contribution in [0.5, 0.6) is 0 Å². The van der Waals surface area contributed by atoms with Crippen LogP contribution >= 0.6 is 0 Å². The minimum absolute atomic E-state index is 0.00354. The summed E-state index contributed by atoms with van der Waals surface area (Å²) in [6.45, 7) is 6.13. The zero-order valence-corrected chi connectivity index (χ0v) is 11.9. The summed E-state index contributed by atoms with van der Waals surface area (Å²) >= 11 is 0. The van der Waals surface area contributed by atoms with Gasteiger partial charge in [-0.2, -0.15) is 0 Å². The van der Waals surface area contributed by atoms with Gasteiger partial charge in [0.15, 0.2) is 0 Å². The monoisotopic (exact) mass is 268 g/mol. The molecule has 0 amide bonds. The van der Waals surface area contributed by atoms with E-state index in [1.807, 2.05) is 0 Å². The molecule has 0 rings (SSSR count). The van der Waals surface area contributed by atoms with Gasteiger partial charge in [0.25, 0.3) is 0 Å². The number of alkyl halides is 3. The minimum atomic E-state index is -4.49. The largest absolute Gasteiger partial charge is 0.522 e. The first kappa shape index (κ1) is 17.8. The van der Waals surface area contributed by atoms with Gasteiger partial charge >= 0.3 is 6.36 Å². The maximum atomic E-state index is 12.0. The highest BCUT2D eigenvalue weighted by atomic mass is 19.4. The molecule has 0 N–H and O–H groups in total. The standard InChI is InChI=1S/C14H27F3O/c1-4-6-8-10-13(3,9-7-5-2)11-12-18-14(15,16)17/h4-12H2,1-3H3. The Labute approximate surface area is 109 Å². The molecule has 1 nitrogen and oxygen atoms in total. The van der Waals surface area contributed by atoms with Crippen molar-refractivity contribution >= 4 is 0 Å². The molecule has 18 heavy (non-hydrogen) atoms. The molecule has 0 aliphatic heterocycles. The third-order valence-electron chi connectivity index (χ3n) is 3.49. The molecule has 0 saturated heterocycles. The number of unbranched alkanes of at least 4 members (excludes halogenated alkanes) is 3. The van der Waals surface area contributed by atoms with E-state index in [4.69, 9.17) is 0 Å². The normalized spacial score (nSPS) is 15.7. The molecule has 0 aromatic heterocycles. The lowest BCUT2D eigenvalue weighted by molar-refractivity contribution is -0.326. The summed E-state index contributed by atoms with van der Waals surface area (Å²) in [5.41, 5.74) is -0.00354. The lowest BCUT2D eigenvalue weighted by atomic mass is 9.77. The molecule has 0 saturated carbocycles. The van der Waals surface area contributed by atoms with Gasteiger partial charge in [-0.05, 0) is 24.7 Å². The molecule has 0 heterocycles. The van der Waals surface area contributed by atoms with Crippen LogP contribution in [0.4, 0.5) is 13.2 Å². The number of halogens is 3. The van der Waals surface area contributed by atoms with Crippen LogP contribution in [0.2, 0.25) is 0 Å². The molecule has 0 radical (unpaired) electrons. The molecule has 4 heteroatoms. The van der Waals surface area contributed by atoms with E-state index in [0.717, 1.165) is 44.9 Å². The average molecular weight is 268 g/mol. The number of hydrogen-bond acceptors (Lipinski definition) is 1. The zero-order chi connectivity index (χ0) is 14.1. The summed E-state index contributed by atoms with van der Waals surface area (Å²) in [6.07, 6.45) is 3.56. The second-order valence-electron chi connectivity index (χ2n) is 5.42. The van der Waals surface area contributed by atoms with E-state index in [1.165, 1.54) is 0 Å². The minimum Gasteiger partial charge on any atom is -0.292 e. The van der Waals surface area contributed by atoms with Gasteiger partial charge in [0.2, 0.25) is 0 Å². The van der Waals surface area contributed by atoms with E-state index in [-0.39, 0.29) is 12.0 Å². The van der Waals surface area contributed by atoms with E-state index in [1.54, 1.807) is 0 Å². The summed E-state index contributed by atoms with van der Waals surface area (Å²) < 4.78 is 39.8. The topological polar surface area (TPSA) is 9.23 Å². The fraction of sp³-hybridized carbons (Fsp3) is 1.00. The predicted octanol–water partition coefficient (Wildman–Crippen LogP) is 5.69. The quantitative estimate of drug-likeness (QED) is 0.462. The van der Waals surface area contributed by atoms with Crippen molar-refractivity contribution in [2.24, 2.45) is 5.41 Å². The van der Waals surface area contributed by atoms with Crippen LogP contribution in [0, 0.1) is 5.41 Å². The van der Waals surface area contributed by atoms with Gasteiger partial charge in [-0.1, -0.05) is 52.9 Å². The van der Waals surface area contributed by atoms with Crippen LogP contribution in [-0.4, -0.2) is 13.0 Å². The molecule has 0 spiro atoms. The third-order valence-corrected chi connectivity index (χ3v) is 3.49. The molecule has 0 bridgehead atoms. The Bertz CT molecular complexity index is 204. The van der Waals surface area contributed by atoms with Crippen LogP contribution in [0.25, 0.3) is 0 Å². The fourth-order valence-electron chi connectivity index (χ4n) is 2.19. The summed E-state index contributed by atoms with van der Waals surface area (Å²) in [5.74, 6) is 0. The fourth-order valence-corrected chi connectivity index (χ4v) is 2.19. The third kappa shape index (κ3) is 9.75. The van der Waals surface area contributed by atoms with Crippen molar-refractivity contribution in [1.29, 1.82) is 0 Å². The van der Waals surface area contributed by atoms with Gasteiger partial charge in [-0.3, -0.25) is 4.74 Å². The zero-order valence-electron chi connectivity index (χ0n) is 11.9. The van der Waals surface area contributed by atoms with Crippen LogP contribution in [0.3, 0.4) is 0 Å². The van der Waals surface area contributed by atoms with Gasteiger partial charge in [0.1, 0.15) is 0 Å². The van der Waals surface area contributed by atoms with Crippen LogP contribution < -0.4 is 0 Å². The maximum Gasteiger partial charge on any atom is 0.522 e. The van der Waals surface area contributed by atoms with Crippen molar-refractivity contribution in [3.8, 4) is 0 Å². The molecular weight excluding hydrogens is 241 g/mol. The Morgan fingerprint density at radius 2 is 1.39 bits per heavy atom. The predicted molar refractivity (Wildman–Crippen MR) is 68.4 cm³/mol. The Morgan fingerprint density at radius 1 is 0.833 bits per heavy atom. The summed E-state index contributed by atoms with van der Waals surface area (Å²) in [7, 11) is 0. The van der Waals surface area contributed by atoms with Gasteiger partial charge in [-0.15, -0.1) is 13.2 Å². The van der Waals surface area contributed by atoms with E-state index in [9.17, 15) is 13.2 Å². The average Bonchev–Trinajstić information content (AvgIpc) is 2.25. The smallest absolute Gasteiger partial charge is 0.292 e. The van der Waals surface area contributed by atoms with Crippen molar-refractivity contribution < 1.29 is 17.9 Å². The molecule has 0 aliphatic rings. The van der Waals surface area contributed by atoms with Gasteiger partial charge in [0, 0.05) is 0 Å². The van der Waals surface area contributed by atoms with Crippen LogP contribution in [-0.2, 0) is 4.74 Å². The molecular formula is C14H27F3O. The Morgan fingerprint density at radius 3 is 1.89 bits per heavy atom. The van der Waals surface area contributed by atoms with Crippen molar-refractivity contribution in [2.45, 2.75) is 78.5 Å². The maximum absolute atomic E-state index is 12.0. The summed E-state index contributed by atoms with van der Waals surface area (Å²) in [5, 5.41) is 0. The number of hydrogen-bond donors (Lipinski definition) is 0. The molecule has 0 aliphatic carbocycles. The Kier molecular flexibility index (Phi) is 8.66. The van der Waals surface area contributed by atoms with Crippen molar-refractivity contribution in [3.63, 3.8) is 0 Å². The number of ether oxygens (including phenoxy) is 1. The van der Waals surface area contributed by atoms with Gasteiger partial charge in [0.05, 0.1) is 6.61 Å². The number of rotatable bonds is 10. The molecule has 110 valence electrons. The van der Waals surface area contributed by atoms with E-state index in [0.29, 0.717) is 6.42 Å². The molecule has 1 unspecified atom stereocenters. The van der Waals surface area contributed by atoms with Gasteiger partial charge < -0.3 is 0 Å². The van der Waals surface area contributed by atoms with E-state index in [2.05, 4.69) is 25.5 Å².